The van der Waals surface area contributed by atoms with Crippen molar-refractivity contribution in [2.75, 3.05) is 18.9 Å². The van der Waals surface area contributed by atoms with Gasteiger partial charge in [0.2, 0.25) is 0 Å². The smallest absolute Gasteiger partial charge is 0.282 e. The summed E-state index contributed by atoms with van der Waals surface area (Å²) in [5, 5.41) is 16.5. The summed E-state index contributed by atoms with van der Waals surface area (Å²) in [6.07, 6.45) is 3.40. The minimum atomic E-state index is -0.532. The van der Waals surface area contributed by atoms with E-state index < -0.39 is 4.92 Å². The zero-order valence-electron chi connectivity index (χ0n) is 10.8. The molecule has 0 saturated heterocycles. The number of amides is 1. The number of carbonyl (C=O) groups excluding carboxylic acids is 1. The van der Waals surface area contributed by atoms with E-state index in [1.54, 1.807) is 13.1 Å². The molecule has 1 aliphatic carbocycles. The van der Waals surface area contributed by atoms with Crippen LogP contribution in [0, 0.1) is 16.0 Å². The average Bonchev–Trinajstić information content (AvgIpc) is 3.21. The third kappa shape index (κ3) is 3.43. The number of nitrogens with one attached hydrogen (secondary N) is 2. The highest BCUT2D eigenvalue weighted by Gasteiger charge is 2.23. The van der Waals surface area contributed by atoms with E-state index in [-0.39, 0.29) is 17.2 Å². The highest BCUT2D eigenvalue weighted by Crippen LogP contribution is 2.31. The van der Waals surface area contributed by atoms with Gasteiger partial charge in [-0.05, 0) is 24.5 Å². The maximum absolute atomic E-state index is 12.0. The Labute approximate surface area is 111 Å². The van der Waals surface area contributed by atoms with Gasteiger partial charge in [-0.1, -0.05) is 12.8 Å². The van der Waals surface area contributed by atoms with E-state index in [1.807, 2.05) is 0 Å². The molecular formula is C13H17N3O3. The minimum Gasteiger partial charge on any atom is -0.388 e. The summed E-state index contributed by atoms with van der Waals surface area (Å²) >= 11 is 0. The van der Waals surface area contributed by atoms with Crippen molar-refractivity contribution in [3.63, 3.8) is 0 Å². The Hall–Kier alpha value is -2.11. The van der Waals surface area contributed by atoms with Crippen molar-refractivity contribution in [3.05, 3.63) is 33.9 Å². The molecule has 1 aromatic rings. The highest BCUT2D eigenvalue weighted by molar-refractivity contribution is 5.99. The molecule has 1 aromatic carbocycles. The predicted molar refractivity (Wildman–Crippen MR) is 72.3 cm³/mol. The lowest BCUT2D eigenvalue weighted by molar-refractivity contribution is -0.385. The van der Waals surface area contributed by atoms with Crippen molar-refractivity contribution >= 4 is 17.3 Å². The Bertz CT molecular complexity index is 498. The maximum atomic E-state index is 12.0. The van der Waals surface area contributed by atoms with E-state index in [1.165, 1.54) is 25.0 Å². The van der Waals surface area contributed by atoms with Crippen LogP contribution >= 0.6 is 0 Å². The van der Waals surface area contributed by atoms with Crippen molar-refractivity contribution in [2.45, 2.75) is 19.3 Å². The molecule has 0 atom stereocenters. The van der Waals surface area contributed by atoms with Crippen molar-refractivity contribution in [2.24, 2.45) is 5.92 Å². The molecule has 6 nitrogen and oxygen atoms in total. The van der Waals surface area contributed by atoms with Crippen molar-refractivity contribution < 1.29 is 9.72 Å². The van der Waals surface area contributed by atoms with Crippen LogP contribution in [-0.2, 0) is 0 Å². The number of hydrogen-bond donors (Lipinski definition) is 2. The summed E-state index contributed by atoms with van der Waals surface area (Å²) in [5.74, 6) is 0.336. The van der Waals surface area contributed by atoms with E-state index in [0.29, 0.717) is 12.2 Å². The lowest BCUT2D eigenvalue weighted by Crippen LogP contribution is -2.25. The van der Waals surface area contributed by atoms with E-state index in [9.17, 15) is 14.9 Å². The predicted octanol–water partition coefficient (Wildman–Crippen LogP) is 2.17. The van der Waals surface area contributed by atoms with Gasteiger partial charge in [-0.3, -0.25) is 14.9 Å². The van der Waals surface area contributed by atoms with Gasteiger partial charge >= 0.3 is 0 Å². The van der Waals surface area contributed by atoms with Crippen molar-refractivity contribution in [3.8, 4) is 0 Å². The number of nitro benzene ring substituents is 1. The van der Waals surface area contributed by atoms with Crippen LogP contribution in [0.3, 0.4) is 0 Å². The van der Waals surface area contributed by atoms with Crippen LogP contribution in [0.25, 0.3) is 0 Å². The maximum Gasteiger partial charge on any atom is 0.282 e. The van der Waals surface area contributed by atoms with E-state index in [4.69, 9.17) is 0 Å². The zero-order chi connectivity index (χ0) is 13.8. The molecule has 0 aliphatic heterocycles. The molecule has 0 radical (unpaired) electrons. The Morgan fingerprint density at radius 1 is 1.47 bits per heavy atom. The molecule has 1 saturated carbocycles. The number of carbonyl (C=O) groups is 1. The number of hydrogen-bond acceptors (Lipinski definition) is 4. The molecule has 0 spiro atoms. The fraction of sp³-hybridized carbons (Fsp3) is 0.462. The lowest BCUT2D eigenvalue weighted by Gasteiger charge is -2.07. The summed E-state index contributed by atoms with van der Waals surface area (Å²) in [6, 6.07) is 4.44. The lowest BCUT2D eigenvalue weighted by atomic mass is 10.1. The summed E-state index contributed by atoms with van der Waals surface area (Å²) in [7, 11) is 1.70. The summed E-state index contributed by atoms with van der Waals surface area (Å²) < 4.78 is 0. The average molecular weight is 263 g/mol. The summed E-state index contributed by atoms with van der Waals surface area (Å²) in [4.78, 5) is 22.4. The van der Waals surface area contributed by atoms with E-state index in [0.717, 1.165) is 12.3 Å². The normalized spacial score (nSPS) is 13.9. The Morgan fingerprint density at radius 2 is 2.21 bits per heavy atom. The Kier molecular flexibility index (Phi) is 3.99. The molecule has 19 heavy (non-hydrogen) atoms. The van der Waals surface area contributed by atoms with Crippen molar-refractivity contribution in [1.29, 1.82) is 0 Å². The molecule has 2 N–H and O–H groups in total. The molecule has 0 aromatic heterocycles. The Balaban J connectivity index is 2.09. The third-order valence-electron chi connectivity index (χ3n) is 3.26. The second kappa shape index (κ2) is 5.69. The fourth-order valence-corrected chi connectivity index (χ4v) is 1.92. The van der Waals surface area contributed by atoms with Gasteiger partial charge in [0.1, 0.15) is 5.56 Å². The number of benzene rings is 1. The molecule has 6 heteroatoms. The van der Waals surface area contributed by atoms with Gasteiger partial charge in [0.25, 0.3) is 11.6 Å². The minimum absolute atomic E-state index is 0.104. The van der Waals surface area contributed by atoms with Gasteiger partial charge in [-0.2, -0.15) is 0 Å². The van der Waals surface area contributed by atoms with E-state index >= 15 is 0 Å². The SMILES string of the molecule is CNc1ccc([N+](=O)[O-])c(C(=O)NCCC2CC2)c1. The summed E-state index contributed by atoms with van der Waals surface area (Å²) in [5.41, 5.74) is 0.619. The first-order valence-electron chi connectivity index (χ1n) is 6.36. The fourth-order valence-electron chi connectivity index (χ4n) is 1.92. The standard InChI is InChI=1S/C13H17N3O3/c1-14-10-4-5-12(16(18)19)11(8-10)13(17)15-7-6-9-2-3-9/h4-5,8-9,14H,2-3,6-7H2,1H3,(H,15,17). The van der Waals surface area contributed by atoms with Gasteiger partial charge in [0, 0.05) is 25.3 Å². The van der Waals surface area contributed by atoms with Gasteiger partial charge in [-0.25, -0.2) is 0 Å². The van der Waals surface area contributed by atoms with Crippen LogP contribution in [0.2, 0.25) is 0 Å². The number of nitro groups is 1. The van der Waals surface area contributed by atoms with Gasteiger partial charge < -0.3 is 10.6 Å². The first kappa shape index (κ1) is 13.3. The second-order valence-electron chi connectivity index (χ2n) is 4.73. The molecule has 2 rings (SSSR count). The van der Waals surface area contributed by atoms with Gasteiger partial charge in [-0.15, -0.1) is 0 Å². The molecular weight excluding hydrogens is 246 g/mol. The van der Waals surface area contributed by atoms with Gasteiger partial charge in [0.15, 0.2) is 0 Å². The molecule has 1 amide bonds. The molecule has 0 heterocycles. The van der Waals surface area contributed by atoms with Crippen molar-refractivity contribution in [1.82, 2.24) is 5.32 Å². The Morgan fingerprint density at radius 3 is 2.79 bits per heavy atom. The first-order chi connectivity index (χ1) is 9.11. The highest BCUT2D eigenvalue weighted by atomic mass is 16.6. The molecule has 0 bridgehead atoms. The largest absolute Gasteiger partial charge is 0.388 e. The van der Waals surface area contributed by atoms with E-state index in [2.05, 4.69) is 10.6 Å². The zero-order valence-corrected chi connectivity index (χ0v) is 10.8. The second-order valence-corrected chi connectivity index (χ2v) is 4.73. The van der Waals surface area contributed by atoms with Crippen LogP contribution in [0.1, 0.15) is 29.6 Å². The van der Waals surface area contributed by atoms with Crippen LogP contribution in [0.4, 0.5) is 11.4 Å². The molecule has 102 valence electrons. The topological polar surface area (TPSA) is 84.3 Å². The molecule has 1 fully saturated rings. The van der Waals surface area contributed by atoms with Crippen LogP contribution in [-0.4, -0.2) is 24.4 Å². The summed E-state index contributed by atoms with van der Waals surface area (Å²) in [6.45, 7) is 0.574. The van der Waals surface area contributed by atoms with Crippen LogP contribution < -0.4 is 10.6 Å². The van der Waals surface area contributed by atoms with Crippen LogP contribution in [0.5, 0.6) is 0 Å². The van der Waals surface area contributed by atoms with Crippen LogP contribution in [0.15, 0.2) is 18.2 Å². The molecule has 0 unspecified atom stereocenters. The third-order valence-corrected chi connectivity index (χ3v) is 3.26. The number of anilines is 1. The molecule has 1 aliphatic rings. The number of nitrogens with zero attached hydrogens (tertiary/aromatic N) is 1. The quantitative estimate of drug-likeness (QED) is 0.608. The first-order valence-corrected chi connectivity index (χ1v) is 6.36. The number of rotatable bonds is 6. The van der Waals surface area contributed by atoms with Gasteiger partial charge in [0.05, 0.1) is 4.92 Å². The monoisotopic (exact) mass is 263 g/mol.